The Kier molecular flexibility index (Phi) is 10.2. The van der Waals surface area contributed by atoms with E-state index in [4.69, 9.17) is 47.9 Å². The van der Waals surface area contributed by atoms with Crippen LogP contribution in [0.15, 0.2) is 30.3 Å². The Labute approximate surface area is 212 Å². The number of hydrogen-bond donors (Lipinski definition) is 4. The van der Waals surface area contributed by atoms with E-state index in [1.165, 1.54) is 13.2 Å². The molecular formula is C22H26Cl3NO8. The van der Waals surface area contributed by atoms with Crippen molar-refractivity contribution in [2.24, 2.45) is 0 Å². The second-order valence-electron chi connectivity index (χ2n) is 7.52. The molecule has 3 rings (SSSR count). The first-order valence-corrected chi connectivity index (χ1v) is 10.8. The quantitative estimate of drug-likeness (QED) is 0.309. The summed E-state index contributed by atoms with van der Waals surface area (Å²) < 4.78 is 21.6. The number of aliphatic hydroxyl groups is 3. The summed E-state index contributed by atoms with van der Waals surface area (Å²) in [6.45, 7) is 1.18. The van der Waals surface area contributed by atoms with Crippen molar-refractivity contribution >= 4 is 47.3 Å². The lowest BCUT2D eigenvalue weighted by molar-refractivity contribution is -0.293. The van der Waals surface area contributed by atoms with Gasteiger partial charge in [-0.25, -0.2) is 4.79 Å². The molecule has 1 saturated heterocycles. The van der Waals surface area contributed by atoms with Gasteiger partial charge in [-0.1, -0.05) is 35.3 Å². The molecule has 5 atom stereocenters. The number of carbonyl (C=O) groups is 1. The van der Waals surface area contributed by atoms with E-state index in [0.29, 0.717) is 11.3 Å². The Morgan fingerprint density at radius 1 is 1.21 bits per heavy atom. The number of rotatable bonds is 7. The van der Waals surface area contributed by atoms with Gasteiger partial charge in [0, 0.05) is 12.8 Å². The summed E-state index contributed by atoms with van der Waals surface area (Å²) in [5, 5.41) is 30.0. The maximum Gasteiger partial charge on any atom is 0.339 e. The fourth-order valence-electron chi connectivity index (χ4n) is 3.44. The fourth-order valence-corrected chi connectivity index (χ4v) is 4.00. The van der Waals surface area contributed by atoms with Gasteiger partial charge in [0.1, 0.15) is 24.9 Å². The Morgan fingerprint density at radius 3 is 2.53 bits per heavy atom. The third kappa shape index (κ3) is 6.05. The Bertz CT molecular complexity index is 1010. The van der Waals surface area contributed by atoms with Crippen LogP contribution in [0.4, 0.5) is 5.69 Å². The minimum absolute atomic E-state index is 0. The van der Waals surface area contributed by atoms with Crippen molar-refractivity contribution in [3.05, 3.63) is 57.1 Å². The third-order valence-electron chi connectivity index (χ3n) is 5.27. The average molecular weight is 539 g/mol. The minimum Gasteiger partial charge on any atom is -0.486 e. The molecule has 1 aliphatic heterocycles. The Balaban J connectivity index is 0.00000408. The number of benzene rings is 2. The first kappa shape index (κ1) is 28.4. The van der Waals surface area contributed by atoms with Gasteiger partial charge in [0.25, 0.3) is 0 Å². The van der Waals surface area contributed by atoms with Gasteiger partial charge in [0.2, 0.25) is 0 Å². The van der Waals surface area contributed by atoms with Crippen LogP contribution in [0.25, 0.3) is 0 Å². The van der Waals surface area contributed by atoms with Crippen molar-refractivity contribution in [3.63, 3.8) is 0 Å². The molecule has 0 amide bonds. The molecule has 0 bridgehead atoms. The number of carbonyl (C=O) groups excluding carboxylic acids is 1. The number of anilines is 1. The van der Waals surface area contributed by atoms with Crippen molar-refractivity contribution in [1.29, 1.82) is 0 Å². The summed E-state index contributed by atoms with van der Waals surface area (Å²) >= 11 is 12.8. The molecule has 1 fully saturated rings. The summed E-state index contributed by atoms with van der Waals surface area (Å²) in [5.74, 6) is -0.685. The van der Waals surface area contributed by atoms with Crippen LogP contribution in [0.3, 0.4) is 0 Å². The third-order valence-corrected chi connectivity index (χ3v) is 6.01. The highest BCUT2D eigenvalue weighted by molar-refractivity contribution is 6.38. The van der Waals surface area contributed by atoms with Crippen LogP contribution in [-0.2, 0) is 20.8 Å². The average Bonchev–Trinajstić information content (AvgIpc) is 2.79. The highest BCUT2D eigenvalue weighted by Crippen LogP contribution is 2.38. The maximum absolute atomic E-state index is 12.9. The summed E-state index contributed by atoms with van der Waals surface area (Å²) in [7, 11) is 1.27. The van der Waals surface area contributed by atoms with E-state index in [9.17, 15) is 20.1 Å². The van der Waals surface area contributed by atoms with Gasteiger partial charge in [-0.05, 0) is 36.2 Å². The number of hydrogen-bond acceptors (Lipinski definition) is 9. The van der Waals surface area contributed by atoms with E-state index >= 15 is 0 Å². The van der Waals surface area contributed by atoms with Crippen LogP contribution >= 0.6 is 35.6 Å². The molecule has 5 N–H and O–H groups in total. The van der Waals surface area contributed by atoms with Crippen molar-refractivity contribution < 1.29 is 39.1 Å². The van der Waals surface area contributed by atoms with E-state index in [2.05, 4.69) is 0 Å². The minimum atomic E-state index is -1.56. The van der Waals surface area contributed by atoms with E-state index < -0.39 is 43.3 Å². The fraction of sp³-hybridized carbons (Fsp3) is 0.409. The molecule has 0 aromatic heterocycles. The molecular weight excluding hydrogens is 513 g/mol. The molecule has 0 unspecified atom stereocenters. The van der Waals surface area contributed by atoms with Crippen molar-refractivity contribution in [1.82, 2.24) is 0 Å². The van der Waals surface area contributed by atoms with Crippen molar-refractivity contribution in [2.45, 2.75) is 44.2 Å². The van der Waals surface area contributed by atoms with Gasteiger partial charge in [0.15, 0.2) is 18.1 Å². The van der Waals surface area contributed by atoms with Crippen LogP contribution in [0.2, 0.25) is 10.0 Å². The molecule has 12 heteroatoms. The molecule has 0 spiro atoms. The van der Waals surface area contributed by atoms with Crippen LogP contribution in [0.5, 0.6) is 5.75 Å². The van der Waals surface area contributed by atoms with Crippen molar-refractivity contribution in [2.75, 3.05) is 19.5 Å². The predicted molar refractivity (Wildman–Crippen MR) is 128 cm³/mol. The highest BCUT2D eigenvalue weighted by atomic mass is 35.5. The maximum atomic E-state index is 12.9. The van der Waals surface area contributed by atoms with Gasteiger partial charge >= 0.3 is 5.97 Å². The number of aliphatic hydroxyl groups excluding tert-OH is 3. The number of ether oxygens (including phenoxy) is 4. The number of halogens is 3. The predicted octanol–water partition coefficient (Wildman–Crippen LogP) is 2.50. The molecule has 0 saturated carbocycles. The topological polar surface area (TPSA) is 141 Å². The zero-order chi connectivity index (χ0) is 24.3. The Morgan fingerprint density at radius 2 is 1.91 bits per heavy atom. The van der Waals surface area contributed by atoms with Gasteiger partial charge in [0.05, 0.1) is 22.2 Å². The zero-order valence-corrected chi connectivity index (χ0v) is 20.6. The van der Waals surface area contributed by atoms with Crippen LogP contribution in [-0.4, -0.2) is 65.7 Å². The van der Waals surface area contributed by atoms with Gasteiger partial charge in [-0.2, -0.15) is 0 Å². The second kappa shape index (κ2) is 12.2. The van der Waals surface area contributed by atoms with Gasteiger partial charge in [-0.15, -0.1) is 12.4 Å². The van der Waals surface area contributed by atoms with Crippen LogP contribution in [0, 0.1) is 6.92 Å². The van der Waals surface area contributed by atoms with Crippen LogP contribution < -0.4 is 10.5 Å². The Hall–Kier alpha value is -1.82. The molecule has 0 radical (unpaired) electrons. The number of methoxy groups -OCH3 is 1. The smallest absolute Gasteiger partial charge is 0.339 e. The SMILES string of the molecule is CO[C@H]1O[C@H](CO)[C@@H](O)[C@H](O)[C@H]1OC(=O)c1cc(Cl)c(OCc2cccc(N)c2)c(Cl)c1C.Cl. The molecule has 0 aliphatic carbocycles. The van der Waals surface area contributed by atoms with E-state index in [1.54, 1.807) is 25.1 Å². The largest absolute Gasteiger partial charge is 0.486 e. The lowest BCUT2D eigenvalue weighted by Gasteiger charge is -2.40. The first-order chi connectivity index (χ1) is 15.7. The molecule has 2 aromatic rings. The summed E-state index contributed by atoms with van der Waals surface area (Å²) in [6, 6.07) is 8.46. The molecule has 1 aliphatic rings. The van der Waals surface area contributed by atoms with E-state index in [0.717, 1.165) is 5.56 Å². The summed E-state index contributed by atoms with van der Waals surface area (Å²) in [4.78, 5) is 12.9. The second-order valence-corrected chi connectivity index (χ2v) is 8.31. The monoisotopic (exact) mass is 537 g/mol. The first-order valence-electron chi connectivity index (χ1n) is 10.00. The number of esters is 1. The van der Waals surface area contributed by atoms with E-state index in [-0.39, 0.29) is 40.4 Å². The van der Waals surface area contributed by atoms with Crippen LogP contribution in [0.1, 0.15) is 21.5 Å². The van der Waals surface area contributed by atoms with Crippen molar-refractivity contribution in [3.8, 4) is 5.75 Å². The molecule has 9 nitrogen and oxygen atoms in total. The standard InChI is InChI=1S/C22H25Cl2NO8.ClH/c1-10-13(21(29)33-20-18(28)17(27)15(8-26)32-22(20)30-2)7-14(23)19(16(10)24)31-9-11-4-3-5-12(25)6-11;/h3-7,15,17-18,20,22,26-28H,8-9,25H2,1-2H3;1H/t15-,17-,18+,20-,22+;/m1./s1. The summed E-state index contributed by atoms with van der Waals surface area (Å²) in [6.07, 6.45) is -6.72. The molecule has 1 heterocycles. The molecule has 2 aromatic carbocycles. The lowest BCUT2D eigenvalue weighted by atomic mass is 9.99. The number of nitrogens with two attached hydrogens (primary N) is 1. The van der Waals surface area contributed by atoms with Gasteiger partial charge in [-0.3, -0.25) is 0 Å². The highest BCUT2D eigenvalue weighted by Gasteiger charge is 2.47. The summed E-state index contributed by atoms with van der Waals surface area (Å²) in [5.41, 5.74) is 7.53. The lowest BCUT2D eigenvalue weighted by Crippen LogP contribution is -2.60. The zero-order valence-electron chi connectivity index (χ0n) is 18.3. The van der Waals surface area contributed by atoms with Gasteiger partial charge < -0.3 is 40.0 Å². The molecule has 188 valence electrons. The normalized spacial score (nSPS) is 24.3. The van der Waals surface area contributed by atoms with E-state index in [1.807, 2.05) is 6.07 Å². The molecule has 34 heavy (non-hydrogen) atoms. The number of nitrogen functional groups attached to an aromatic ring is 1.